The van der Waals surface area contributed by atoms with Crippen LogP contribution in [0.5, 0.6) is 0 Å². The number of carbonyl (C=O) groups is 1. The molecule has 5 nitrogen and oxygen atoms in total. The molecule has 0 saturated heterocycles. The highest BCUT2D eigenvalue weighted by Crippen LogP contribution is 2.17. The number of amides is 1. The number of nitriles is 1. The summed E-state index contributed by atoms with van der Waals surface area (Å²) in [4.78, 5) is 20.0. The SMILES string of the molecule is Cc1cc(Br)cnc1NC(=O)c1ccc(C#N)cn1. The van der Waals surface area contributed by atoms with Crippen LogP contribution in [-0.2, 0) is 0 Å². The van der Waals surface area contributed by atoms with Gasteiger partial charge in [0.2, 0.25) is 0 Å². The van der Waals surface area contributed by atoms with E-state index >= 15 is 0 Å². The van der Waals surface area contributed by atoms with E-state index in [1.807, 2.05) is 19.1 Å². The van der Waals surface area contributed by atoms with Gasteiger partial charge in [0.15, 0.2) is 0 Å². The molecule has 6 heteroatoms. The van der Waals surface area contributed by atoms with Crippen LogP contribution in [0, 0.1) is 18.3 Å². The van der Waals surface area contributed by atoms with Crippen LogP contribution in [0.2, 0.25) is 0 Å². The molecule has 0 spiro atoms. The molecular formula is C13H9BrN4O. The first-order chi connectivity index (χ1) is 9.10. The molecule has 0 atom stereocenters. The van der Waals surface area contributed by atoms with Crippen LogP contribution >= 0.6 is 15.9 Å². The Balaban J connectivity index is 2.18. The highest BCUT2D eigenvalue weighted by molar-refractivity contribution is 9.10. The monoisotopic (exact) mass is 316 g/mol. The molecule has 2 heterocycles. The fourth-order valence-electron chi connectivity index (χ4n) is 1.44. The van der Waals surface area contributed by atoms with Crippen molar-refractivity contribution in [3.63, 3.8) is 0 Å². The first kappa shape index (κ1) is 13.2. The molecule has 94 valence electrons. The molecule has 0 radical (unpaired) electrons. The molecule has 0 aliphatic carbocycles. The normalized spacial score (nSPS) is 9.74. The highest BCUT2D eigenvalue weighted by atomic mass is 79.9. The molecule has 1 N–H and O–H groups in total. The average Bonchev–Trinajstić information content (AvgIpc) is 2.42. The Labute approximate surface area is 118 Å². The van der Waals surface area contributed by atoms with Gasteiger partial charge >= 0.3 is 0 Å². The molecule has 2 aromatic heterocycles. The molecular weight excluding hydrogens is 308 g/mol. The predicted molar refractivity (Wildman–Crippen MR) is 73.6 cm³/mol. The Morgan fingerprint density at radius 1 is 1.37 bits per heavy atom. The first-order valence-corrected chi connectivity index (χ1v) is 6.19. The number of pyridine rings is 2. The smallest absolute Gasteiger partial charge is 0.275 e. The number of aryl methyl sites for hydroxylation is 1. The van der Waals surface area contributed by atoms with Crippen LogP contribution in [0.4, 0.5) is 5.82 Å². The highest BCUT2D eigenvalue weighted by Gasteiger charge is 2.10. The number of carbonyl (C=O) groups excluding carboxylic acids is 1. The zero-order chi connectivity index (χ0) is 13.8. The van der Waals surface area contributed by atoms with Gasteiger partial charge in [0.25, 0.3) is 5.91 Å². The van der Waals surface area contributed by atoms with Gasteiger partial charge in [-0.25, -0.2) is 9.97 Å². The summed E-state index contributed by atoms with van der Waals surface area (Å²) >= 11 is 3.31. The van der Waals surface area contributed by atoms with E-state index in [9.17, 15) is 4.79 Å². The second-order valence-electron chi connectivity index (χ2n) is 3.82. The summed E-state index contributed by atoms with van der Waals surface area (Å²) in [5.41, 5.74) is 1.49. The maximum Gasteiger partial charge on any atom is 0.275 e. The van der Waals surface area contributed by atoms with Crippen molar-refractivity contribution < 1.29 is 4.79 Å². The van der Waals surface area contributed by atoms with Gasteiger partial charge in [-0.05, 0) is 46.6 Å². The van der Waals surface area contributed by atoms with Crippen LogP contribution < -0.4 is 5.32 Å². The van der Waals surface area contributed by atoms with Crippen molar-refractivity contribution in [2.45, 2.75) is 6.92 Å². The lowest BCUT2D eigenvalue weighted by molar-refractivity contribution is 0.102. The molecule has 0 unspecified atom stereocenters. The number of hydrogen-bond donors (Lipinski definition) is 1. The van der Waals surface area contributed by atoms with Gasteiger partial charge in [0.1, 0.15) is 17.6 Å². The minimum absolute atomic E-state index is 0.239. The quantitative estimate of drug-likeness (QED) is 0.923. The Hall–Kier alpha value is -2.26. The van der Waals surface area contributed by atoms with Crippen molar-refractivity contribution in [1.82, 2.24) is 9.97 Å². The number of rotatable bonds is 2. The third-order valence-corrected chi connectivity index (χ3v) is 2.84. The summed E-state index contributed by atoms with van der Waals surface area (Å²) < 4.78 is 0.847. The van der Waals surface area contributed by atoms with Gasteiger partial charge in [-0.15, -0.1) is 0 Å². The van der Waals surface area contributed by atoms with Crippen LogP contribution in [-0.4, -0.2) is 15.9 Å². The van der Waals surface area contributed by atoms with Crippen molar-refractivity contribution in [2.24, 2.45) is 0 Å². The Bertz CT molecular complexity index is 661. The molecule has 0 aromatic carbocycles. The molecule has 2 aromatic rings. The first-order valence-electron chi connectivity index (χ1n) is 5.40. The van der Waals surface area contributed by atoms with Gasteiger partial charge in [0.05, 0.1) is 5.56 Å². The lowest BCUT2D eigenvalue weighted by Gasteiger charge is -2.07. The second-order valence-corrected chi connectivity index (χ2v) is 4.73. The molecule has 0 fully saturated rings. The third kappa shape index (κ3) is 3.14. The molecule has 0 aliphatic heterocycles. The second kappa shape index (κ2) is 5.59. The number of hydrogen-bond acceptors (Lipinski definition) is 4. The molecule has 0 saturated carbocycles. The lowest BCUT2D eigenvalue weighted by Crippen LogP contribution is -2.15. The zero-order valence-corrected chi connectivity index (χ0v) is 11.6. The molecule has 0 bridgehead atoms. The summed E-state index contributed by atoms with van der Waals surface area (Å²) in [6, 6.07) is 6.85. The summed E-state index contributed by atoms with van der Waals surface area (Å²) in [6.07, 6.45) is 2.96. The lowest BCUT2D eigenvalue weighted by atomic mass is 10.2. The molecule has 1 amide bonds. The van der Waals surface area contributed by atoms with Gasteiger partial charge in [0, 0.05) is 16.9 Å². The summed E-state index contributed by atoms with van der Waals surface area (Å²) in [7, 11) is 0. The number of nitrogens with one attached hydrogen (secondary N) is 1. The van der Waals surface area contributed by atoms with Gasteiger partial charge in [-0.3, -0.25) is 4.79 Å². The number of aromatic nitrogens is 2. The summed E-state index contributed by atoms with van der Waals surface area (Å²) in [6.45, 7) is 1.85. The predicted octanol–water partition coefficient (Wildman–Crippen LogP) is 2.67. The largest absolute Gasteiger partial charge is 0.305 e. The van der Waals surface area contributed by atoms with E-state index in [-0.39, 0.29) is 11.6 Å². The van der Waals surface area contributed by atoms with Crippen molar-refractivity contribution in [3.05, 3.63) is 51.9 Å². The maximum absolute atomic E-state index is 11.9. The van der Waals surface area contributed by atoms with E-state index in [1.54, 1.807) is 12.3 Å². The van der Waals surface area contributed by atoms with Crippen molar-refractivity contribution in [3.8, 4) is 6.07 Å². The number of anilines is 1. The summed E-state index contributed by atoms with van der Waals surface area (Å²) in [5.74, 6) is 0.127. The molecule has 0 aliphatic rings. The standard InChI is InChI=1S/C13H9BrN4O/c1-8-4-10(14)7-17-12(8)18-13(19)11-3-2-9(5-15)6-16-11/h2-4,6-7H,1H3,(H,17,18,19). The topological polar surface area (TPSA) is 78.7 Å². The van der Waals surface area contributed by atoms with Crippen molar-refractivity contribution >= 4 is 27.7 Å². The van der Waals surface area contributed by atoms with Crippen LogP contribution in [0.15, 0.2) is 35.1 Å². The number of halogens is 1. The van der Waals surface area contributed by atoms with E-state index < -0.39 is 0 Å². The van der Waals surface area contributed by atoms with Crippen LogP contribution in [0.3, 0.4) is 0 Å². The fraction of sp³-hybridized carbons (Fsp3) is 0.0769. The van der Waals surface area contributed by atoms with E-state index in [0.717, 1.165) is 10.0 Å². The van der Waals surface area contributed by atoms with E-state index in [2.05, 4.69) is 31.2 Å². The minimum atomic E-state index is -0.359. The average molecular weight is 317 g/mol. The molecule has 2 rings (SSSR count). The Kier molecular flexibility index (Phi) is 3.88. The minimum Gasteiger partial charge on any atom is -0.305 e. The maximum atomic E-state index is 11.9. The third-order valence-electron chi connectivity index (χ3n) is 2.40. The van der Waals surface area contributed by atoms with Crippen LogP contribution in [0.1, 0.15) is 21.6 Å². The van der Waals surface area contributed by atoms with Crippen molar-refractivity contribution in [2.75, 3.05) is 5.32 Å². The molecule has 19 heavy (non-hydrogen) atoms. The van der Waals surface area contributed by atoms with E-state index in [0.29, 0.717) is 11.4 Å². The zero-order valence-electron chi connectivity index (χ0n) is 10.0. The number of nitrogens with zero attached hydrogens (tertiary/aromatic N) is 3. The van der Waals surface area contributed by atoms with Crippen LogP contribution in [0.25, 0.3) is 0 Å². The van der Waals surface area contributed by atoms with Gasteiger partial charge in [-0.2, -0.15) is 5.26 Å². The Morgan fingerprint density at radius 3 is 2.74 bits per heavy atom. The Morgan fingerprint density at radius 2 is 2.16 bits per heavy atom. The van der Waals surface area contributed by atoms with Gasteiger partial charge < -0.3 is 5.32 Å². The van der Waals surface area contributed by atoms with E-state index in [1.165, 1.54) is 12.3 Å². The fourth-order valence-corrected chi connectivity index (χ4v) is 1.88. The van der Waals surface area contributed by atoms with E-state index in [4.69, 9.17) is 5.26 Å². The summed E-state index contributed by atoms with van der Waals surface area (Å²) in [5, 5.41) is 11.3. The van der Waals surface area contributed by atoms with Crippen molar-refractivity contribution in [1.29, 1.82) is 5.26 Å². The van der Waals surface area contributed by atoms with Gasteiger partial charge in [-0.1, -0.05) is 0 Å².